The summed E-state index contributed by atoms with van der Waals surface area (Å²) in [7, 11) is 0. The SMILES string of the molecule is Cl.Cl.[2H]c1nc([2H])c(C2CCCCN2)c([2H])c1[2H]. The van der Waals surface area contributed by atoms with Crippen LogP contribution in [0.2, 0.25) is 0 Å². The molecule has 1 N–H and O–H groups in total. The normalized spacial score (nSPS) is 24.4. The van der Waals surface area contributed by atoms with Gasteiger partial charge in [-0.3, -0.25) is 4.98 Å². The van der Waals surface area contributed by atoms with E-state index in [1.807, 2.05) is 0 Å². The van der Waals surface area contributed by atoms with Gasteiger partial charge in [-0.25, -0.2) is 0 Å². The average Bonchev–Trinajstić information content (AvgIpc) is 2.28. The van der Waals surface area contributed by atoms with Gasteiger partial charge in [0.1, 0.15) is 0 Å². The van der Waals surface area contributed by atoms with Crippen molar-refractivity contribution in [3.8, 4) is 0 Å². The summed E-state index contributed by atoms with van der Waals surface area (Å²) in [5.74, 6) is 0. The highest BCUT2D eigenvalue weighted by Crippen LogP contribution is 2.21. The molecule has 1 aliphatic rings. The Morgan fingerprint density at radius 3 is 3.00 bits per heavy atom. The lowest BCUT2D eigenvalue weighted by molar-refractivity contribution is 0.411. The Hall–Kier alpha value is -0.310. The van der Waals surface area contributed by atoms with Gasteiger partial charge in [0.25, 0.3) is 0 Å². The van der Waals surface area contributed by atoms with Gasteiger partial charge in [-0.2, -0.15) is 0 Å². The molecule has 1 aromatic rings. The summed E-state index contributed by atoms with van der Waals surface area (Å²) < 4.78 is 30.4. The largest absolute Gasteiger partial charge is 0.310 e. The van der Waals surface area contributed by atoms with E-state index in [-0.39, 0.29) is 55.3 Å². The van der Waals surface area contributed by atoms with E-state index in [2.05, 4.69) is 10.3 Å². The van der Waals surface area contributed by atoms with Crippen molar-refractivity contribution < 1.29 is 5.48 Å². The van der Waals surface area contributed by atoms with E-state index >= 15 is 0 Å². The first kappa shape index (κ1) is 7.91. The lowest BCUT2D eigenvalue weighted by atomic mass is 9.99. The summed E-state index contributed by atoms with van der Waals surface area (Å²) in [6, 6.07) is -0.256. The molecule has 0 radical (unpaired) electrons. The van der Waals surface area contributed by atoms with Crippen LogP contribution >= 0.6 is 24.8 Å². The molecule has 0 aromatic carbocycles. The summed E-state index contributed by atoms with van der Waals surface area (Å²) in [5, 5.41) is 3.24. The van der Waals surface area contributed by atoms with Crippen LogP contribution in [0.15, 0.2) is 24.4 Å². The number of hydrogen-bond donors (Lipinski definition) is 1. The Bertz CT molecular complexity index is 411. The van der Waals surface area contributed by atoms with E-state index in [0.29, 0.717) is 5.56 Å². The van der Waals surface area contributed by atoms with Crippen LogP contribution in [0.4, 0.5) is 0 Å². The standard InChI is InChI=1S/C10H14N2.2ClH/c1-2-7-12-10(5-1)9-4-3-6-11-8-9;;/h3-4,6,8,10,12H,1-2,5,7H2;2*1H/i3D,4D,6D,8D;;. The van der Waals surface area contributed by atoms with Crippen LogP contribution in [0.3, 0.4) is 0 Å². The fourth-order valence-electron chi connectivity index (χ4n) is 1.50. The molecule has 80 valence electrons. The molecule has 2 rings (SSSR count). The van der Waals surface area contributed by atoms with Gasteiger partial charge in [0.15, 0.2) is 0 Å². The smallest absolute Gasteiger partial charge is 0.0843 e. The summed E-state index contributed by atoms with van der Waals surface area (Å²) >= 11 is 0. The quantitative estimate of drug-likeness (QED) is 0.815. The van der Waals surface area contributed by atoms with E-state index < -0.39 is 0 Å². The summed E-state index contributed by atoms with van der Waals surface area (Å²) in [6.45, 7) is 0.875. The first-order valence-corrected chi connectivity index (χ1v) is 4.29. The minimum absolute atomic E-state index is 0. The minimum Gasteiger partial charge on any atom is -0.310 e. The average molecular weight is 239 g/mol. The van der Waals surface area contributed by atoms with Crippen molar-refractivity contribution in [1.82, 2.24) is 10.3 Å². The maximum Gasteiger partial charge on any atom is 0.0843 e. The number of pyridine rings is 1. The highest BCUT2D eigenvalue weighted by Gasteiger charge is 2.13. The van der Waals surface area contributed by atoms with Crippen LogP contribution in [0.5, 0.6) is 0 Å². The Labute approximate surface area is 103 Å². The monoisotopic (exact) mass is 238 g/mol. The number of hydrogen-bond acceptors (Lipinski definition) is 2. The summed E-state index contributed by atoms with van der Waals surface area (Å²) in [6.07, 6.45) is 2.72. The lowest BCUT2D eigenvalue weighted by Gasteiger charge is -2.23. The van der Waals surface area contributed by atoms with E-state index in [1.165, 1.54) is 0 Å². The molecule has 1 unspecified atom stereocenters. The Morgan fingerprint density at radius 1 is 1.43 bits per heavy atom. The second-order valence-electron chi connectivity index (χ2n) is 3.00. The molecule has 1 fully saturated rings. The fourth-order valence-corrected chi connectivity index (χ4v) is 1.50. The molecular weight excluding hydrogens is 219 g/mol. The zero-order chi connectivity index (χ0) is 11.7. The van der Waals surface area contributed by atoms with Crippen molar-refractivity contribution in [2.75, 3.05) is 6.54 Å². The van der Waals surface area contributed by atoms with Crippen molar-refractivity contribution in [3.63, 3.8) is 0 Å². The van der Waals surface area contributed by atoms with E-state index in [9.17, 15) is 0 Å². The molecule has 2 nitrogen and oxygen atoms in total. The Morgan fingerprint density at radius 2 is 2.29 bits per heavy atom. The Kier molecular flexibility index (Phi) is 3.98. The molecule has 1 aromatic heterocycles. The van der Waals surface area contributed by atoms with Crippen molar-refractivity contribution in [2.24, 2.45) is 0 Å². The number of nitrogens with one attached hydrogen (secondary N) is 1. The summed E-state index contributed by atoms with van der Waals surface area (Å²) in [5.41, 5.74) is 0.473. The maximum absolute atomic E-state index is 7.81. The maximum atomic E-state index is 7.81. The Balaban J connectivity index is 0.00000144. The molecule has 0 amide bonds. The van der Waals surface area contributed by atoms with Crippen molar-refractivity contribution in [2.45, 2.75) is 25.3 Å². The molecule has 2 heterocycles. The third kappa shape index (κ3) is 3.45. The lowest BCUT2D eigenvalue weighted by Crippen LogP contribution is -2.26. The van der Waals surface area contributed by atoms with E-state index in [0.717, 1.165) is 25.8 Å². The topological polar surface area (TPSA) is 24.9 Å². The van der Waals surface area contributed by atoms with Crippen LogP contribution in [0.25, 0.3) is 0 Å². The first-order valence-electron chi connectivity index (χ1n) is 6.29. The zero-order valence-electron chi connectivity index (χ0n) is 11.7. The number of rotatable bonds is 1. The number of halogens is 2. The molecule has 14 heavy (non-hydrogen) atoms. The van der Waals surface area contributed by atoms with Gasteiger partial charge in [0, 0.05) is 18.4 Å². The van der Waals surface area contributed by atoms with Gasteiger partial charge in [-0.15, -0.1) is 24.8 Å². The van der Waals surface area contributed by atoms with Crippen molar-refractivity contribution in [3.05, 3.63) is 30.0 Å². The van der Waals surface area contributed by atoms with Gasteiger partial charge in [0.2, 0.25) is 0 Å². The fraction of sp³-hybridized carbons (Fsp3) is 0.500. The van der Waals surface area contributed by atoms with Crippen LogP contribution in [0, 0.1) is 0 Å². The molecule has 4 heteroatoms. The van der Waals surface area contributed by atoms with Crippen LogP contribution in [0.1, 0.15) is 36.4 Å². The highest BCUT2D eigenvalue weighted by atomic mass is 35.5. The highest BCUT2D eigenvalue weighted by molar-refractivity contribution is 5.85. The first-order chi connectivity index (χ1) is 7.61. The third-order valence-corrected chi connectivity index (χ3v) is 2.14. The second kappa shape index (κ2) is 7.04. The van der Waals surface area contributed by atoms with Crippen LogP contribution in [-0.4, -0.2) is 11.5 Å². The van der Waals surface area contributed by atoms with Crippen LogP contribution < -0.4 is 5.32 Å². The van der Waals surface area contributed by atoms with E-state index in [1.54, 1.807) is 0 Å². The molecule has 0 saturated carbocycles. The van der Waals surface area contributed by atoms with Crippen LogP contribution in [-0.2, 0) is 0 Å². The zero-order valence-corrected chi connectivity index (χ0v) is 9.30. The molecule has 0 bridgehead atoms. The van der Waals surface area contributed by atoms with E-state index in [4.69, 9.17) is 5.48 Å². The molecule has 0 spiro atoms. The molecule has 1 saturated heterocycles. The number of piperidine rings is 1. The van der Waals surface area contributed by atoms with Crippen molar-refractivity contribution in [1.29, 1.82) is 0 Å². The van der Waals surface area contributed by atoms with Crippen molar-refractivity contribution >= 4 is 24.8 Å². The third-order valence-electron chi connectivity index (χ3n) is 2.14. The number of nitrogens with zero attached hydrogens (tertiary/aromatic N) is 1. The predicted octanol–water partition coefficient (Wildman–Crippen LogP) is 2.74. The summed E-state index contributed by atoms with van der Waals surface area (Å²) in [4.78, 5) is 3.69. The molecule has 0 aliphatic carbocycles. The van der Waals surface area contributed by atoms with Gasteiger partial charge in [-0.05, 0) is 31.0 Å². The molecule has 1 aliphatic heterocycles. The minimum atomic E-state index is -0.283. The van der Waals surface area contributed by atoms with Gasteiger partial charge in [-0.1, -0.05) is 12.5 Å². The predicted molar refractivity (Wildman–Crippen MR) is 63.3 cm³/mol. The molecular formula is C10H16Cl2N2. The van der Waals surface area contributed by atoms with Gasteiger partial charge >= 0.3 is 0 Å². The van der Waals surface area contributed by atoms with Gasteiger partial charge < -0.3 is 5.32 Å². The van der Waals surface area contributed by atoms with Gasteiger partial charge in [0.05, 0.1) is 5.48 Å². The second-order valence-corrected chi connectivity index (χ2v) is 3.00. The molecule has 1 atom stereocenters. The number of aromatic nitrogens is 1.